The van der Waals surface area contributed by atoms with Gasteiger partial charge in [-0.15, -0.1) is 0 Å². The number of aromatic nitrogens is 1. The van der Waals surface area contributed by atoms with E-state index in [0.717, 1.165) is 44.5 Å². The van der Waals surface area contributed by atoms with Gasteiger partial charge in [-0.05, 0) is 56.3 Å². The quantitative estimate of drug-likeness (QED) is 0.282. The van der Waals surface area contributed by atoms with Crippen LogP contribution in [0.25, 0.3) is 49.4 Å². The molecule has 0 spiro atoms. The zero-order valence-electron chi connectivity index (χ0n) is 17.8. The van der Waals surface area contributed by atoms with E-state index < -0.39 is 0 Å². The molecule has 0 radical (unpaired) electrons. The average molecular weight is 413 g/mol. The lowest BCUT2D eigenvalue weighted by molar-refractivity contribution is 0.669. The summed E-state index contributed by atoms with van der Waals surface area (Å²) in [6.07, 6.45) is 0. The van der Waals surface area contributed by atoms with Crippen molar-refractivity contribution in [1.29, 1.82) is 5.26 Å². The van der Waals surface area contributed by atoms with E-state index >= 15 is 0 Å². The Morgan fingerprint density at radius 1 is 0.750 bits per heavy atom. The van der Waals surface area contributed by atoms with Gasteiger partial charge in [0.05, 0.1) is 45.1 Å². The minimum atomic E-state index is 0.245. The van der Waals surface area contributed by atoms with Gasteiger partial charge in [0.15, 0.2) is 0 Å². The summed E-state index contributed by atoms with van der Waals surface area (Å²) in [5.74, 6) is 0. The van der Waals surface area contributed by atoms with Crippen molar-refractivity contribution < 1.29 is 4.42 Å². The first-order valence-electron chi connectivity index (χ1n) is 10.9. The highest BCUT2D eigenvalue weighted by atomic mass is 16.3. The van der Waals surface area contributed by atoms with E-state index in [2.05, 4.69) is 77.9 Å². The minimum Gasteiger partial charge on any atom is -0.456 e. The van der Waals surface area contributed by atoms with Crippen molar-refractivity contribution in [2.45, 2.75) is 19.9 Å². The van der Waals surface area contributed by atoms with Crippen LogP contribution in [0.5, 0.6) is 0 Å². The highest BCUT2D eigenvalue weighted by Gasteiger charge is 2.30. The number of furan rings is 1. The normalized spacial score (nSPS) is 12.9. The number of nitriles is 1. The van der Waals surface area contributed by atoms with Gasteiger partial charge in [-0.3, -0.25) is 0 Å². The molecule has 1 aliphatic heterocycles. The molecule has 7 rings (SSSR count). The second kappa shape index (κ2) is 5.93. The molecule has 6 aromatic rings. The predicted octanol–water partition coefficient (Wildman–Crippen LogP) is 7.41. The van der Waals surface area contributed by atoms with Crippen molar-refractivity contribution in [1.82, 2.24) is 4.57 Å². The molecule has 2 aromatic heterocycles. The number of para-hydroxylation sites is 2. The van der Waals surface area contributed by atoms with Crippen molar-refractivity contribution in [2.24, 2.45) is 0 Å². The van der Waals surface area contributed by atoms with Crippen LogP contribution in [0.3, 0.4) is 0 Å². The summed E-state index contributed by atoms with van der Waals surface area (Å²) >= 11 is 0. The first-order valence-corrected chi connectivity index (χ1v) is 10.9. The van der Waals surface area contributed by atoms with Gasteiger partial charge in [-0.25, -0.2) is 0 Å². The second-order valence-corrected chi connectivity index (χ2v) is 8.72. The number of rotatable bonds is 1. The van der Waals surface area contributed by atoms with Crippen LogP contribution >= 0.6 is 0 Å². The number of fused-ring (bicyclic) bond motifs is 9. The van der Waals surface area contributed by atoms with Crippen LogP contribution in [0.1, 0.15) is 19.4 Å². The standard InChI is InChI=1S/C28H19N3O/c1-16(2)30-22-8-5-7-18-19-11-13-25-26(20-6-3-4-9-24(20)32-25)28(19)31(27(18)22)21-12-10-17(15-29)14-23(21)30/h3-14,16H,1-2H3. The summed E-state index contributed by atoms with van der Waals surface area (Å²) in [5.41, 5.74) is 8.12. The maximum absolute atomic E-state index is 9.59. The van der Waals surface area contributed by atoms with Gasteiger partial charge in [0.2, 0.25) is 0 Å². The van der Waals surface area contributed by atoms with Gasteiger partial charge in [0, 0.05) is 22.2 Å². The lowest BCUT2D eigenvalue weighted by Gasteiger charge is -2.36. The lowest BCUT2D eigenvalue weighted by atomic mass is 10.1. The van der Waals surface area contributed by atoms with E-state index in [4.69, 9.17) is 4.42 Å². The summed E-state index contributed by atoms with van der Waals surface area (Å²) in [7, 11) is 0. The molecule has 0 unspecified atom stereocenters. The van der Waals surface area contributed by atoms with Crippen LogP contribution in [0.4, 0.5) is 11.4 Å². The van der Waals surface area contributed by atoms with E-state index in [1.54, 1.807) is 0 Å². The molecule has 0 saturated carbocycles. The molecule has 0 N–H and O–H groups in total. The van der Waals surface area contributed by atoms with Crippen LogP contribution in [0.15, 0.2) is 77.2 Å². The van der Waals surface area contributed by atoms with E-state index in [-0.39, 0.29) is 6.04 Å². The van der Waals surface area contributed by atoms with Gasteiger partial charge in [0.25, 0.3) is 0 Å². The molecule has 1 aliphatic rings. The third-order valence-electron chi connectivity index (χ3n) is 6.65. The van der Waals surface area contributed by atoms with Crippen LogP contribution in [-0.4, -0.2) is 10.6 Å². The first kappa shape index (κ1) is 17.5. The SMILES string of the molecule is CC(C)N1c2cc(C#N)ccc2-n2c3c1cccc3c1ccc3oc4ccccc4c3c12. The molecule has 3 heterocycles. The first-order chi connectivity index (χ1) is 15.7. The van der Waals surface area contributed by atoms with Gasteiger partial charge in [-0.2, -0.15) is 5.26 Å². The highest BCUT2D eigenvalue weighted by Crippen LogP contribution is 2.49. The van der Waals surface area contributed by atoms with Gasteiger partial charge in [0.1, 0.15) is 11.2 Å². The molecule has 0 fully saturated rings. The van der Waals surface area contributed by atoms with E-state index in [1.165, 1.54) is 16.3 Å². The molecule has 152 valence electrons. The molecule has 4 nitrogen and oxygen atoms in total. The Morgan fingerprint density at radius 3 is 2.41 bits per heavy atom. The molecule has 0 saturated heterocycles. The van der Waals surface area contributed by atoms with Gasteiger partial charge >= 0.3 is 0 Å². The topological polar surface area (TPSA) is 45.1 Å². The second-order valence-electron chi connectivity index (χ2n) is 8.72. The number of benzene rings is 4. The fourth-order valence-corrected chi connectivity index (χ4v) is 5.44. The molecule has 0 aliphatic carbocycles. The predicted molar refractivity (Wildman–Crippen MR) is 130 cm³/mol. The fraction of sp³-hybridized carbons (Fsp3) is 0.107. The summed E-state index contributed by atoms with van der Waals surface area (Å²) in [6.45, 7) is 4.39. The zero-order valence-corrected chi connectivity index (χ0v) is 17.8. The Morgan fingerprint density at radius 2 is 1.56 bits per heavy atom. The number of hydrogen-bond donors (Lipinski definition) is 0. The van der Waals surface area contributed by atoms with Crippen LogP contribution < -0.4 is 4.90 Å². The van der Waals surface area contributed by atoms with E-state index in [0.29, 0.717) is 5.56 Å². The largest absolute Gasteiger partial charge is 0.456 e. The Balaban J connectivity index is 1.78. The van der Waals surface area contributed by atoms with E-state index in [9.17, 15) is 5.26 Å². The molecular formula is C28H19N3O. The van der Waals surface area contributed by atoms with Crippen molar-refractivity contribution in [3.05, 3.63) is 78.4 Å². The maximum Gasteiger partial charge on any atom is 0.137 e. The number of hydrogen-bond acceptors (Lipinski definition) is 3. The average Bonchev–Trinajstić information content (AvgIpc) is 3.35. The number of anilines is 2. The summed E-state index contributed by atoms with van der Waals surface area (Å²) in [6, 6.07) is 27.6. The molecule has 0 atom stereocenters. The van der Waals surface area contributed by atoms with Crippen LogP contribution in [-0.2, 0) is 0 Å². The van der Waals surface area contributed by atoms with Crippen LogP contribution in [0, 0.1) is 11.3 Å². The molecular weight excluding hydrogens is 394 g/mol. The van der Waals surface area contributed by atoms with Crippen molar-refractivity contribution in [2.75, 3.05) is 4.90 Å². The molecule has 4 heteroatoms. The summed E-state index contributed by atoms with van der Waals surface area (Å²) < 4.78 is 8.60. The molecule has 0 amide bonds. The maximum atomic E-state index is 9.59. The van der Waals surface area contributed by atoms with Crippen LogP contribution in [0.2, 0.25) is 0 Å². The van der Waals surface area contributed by atoms with Gasteiger partial charge < -0.3 is 13.9 Å². The Hall–Kier alpha value is -4.23. The van der Waals surface area contributed by atoms with Crippen molar-refractivity contribution in [3.8, 4) is 11.8 Å². The van der Waals surface area contributed by atoms with E-state index in [1.807, 2.05) is 24.3 Å². The fourth-order valence-electron chi connectivity index (χ4n) is 5.44. The molecule has 0 bridgehead atoms. The third kappa shape index (κ3) is 2.01. The Kier molecular flexibility index (Phi) is 3.23. The molecule has 32 heavy (non-hydrogen) atoms. The smallest absolute Gasteiger partial charge is 0.137 e. The number of nitrogens with zero attached hydrogens (tertiary/aromatic N) is 3. The summed E-state index contributed by atoms with van der Waals surface area (Å²) in [4.78, 5) is 2.35. The van der Waals surface area contributed by atoms with Crippen molar-refractivity contribution >= 4 is 55.1 Å². The molecule has 4 aromatic carbocycles. The van der Waals surface area contributed by atoms with Gasteiger partial charge in [-0.1, -0.05) is 30.3 Å². The Labute approximate surface area is 184 Å². The monoisotopic (exact) mass is 413 g/mol. The minimum absolute atomic E-state index is 0.245. The zero-order chi connectivity index (χ0) is 21.6. The lowest BCUT2D eigenvalue weighted by Crippen LogP contribution is -2.29. The van der Waals surface area contributed by atoms with Crippen molar-refractivity contribution in [3.63, 3.8) is 0 Å². The highest BCUT2D eigenvalue weighted by molar-refractivity contribution is 6.26. The Bertz CT molecular complexity index is 1780. The summed E-state index contributed by atoms with van der Waals surface area (Å²) in [5, 5.41) is 14.3. The third-order valence-corrected chi connectivity index (χ3v) is 6.65.